The largest absolute Gasteiger partial charge is 0.368 e. The number of nitrogen functional groups attached to an aromatic ring is 1. The molecule has 22 heavy (non-hydrogen) atoms. The first-order valence-corrected chi connectivity index (χ1v) is 7.01. The molecule has 1 fully saturated rings. The molecule has 0 radical (unpaired) electrons. The lowest BCUT2D eigenvalue weighted by molar-refractivity contribution is 0.0711. The molecule has 1 amide bonds. The number of amides is 1. The molecule has 0 aliphatic carbocycles. The van der Waals surface area contributed by atoms with Crippen molar-refractivity contribution in [2.24, 2.45) is 0 Å². The van der Waals surface area contributed by atoms with Crippen molar-refractivity contribution >= 4 is 11.8 Å². The van der Waals surface area contributed by atoms with Crippen LogP contribution in [0.25, 0.3) is 0 Å². The molecular formula is C15H15F2N3O2. The number of benzene rings is 1. The van der Waals surface area contributed by atoms with Gasteiger partial charge < -0.3 is 15.2 Å². The van der Waals surface area contributed by atoms with Crippen molar-refractivity contribution in [3.8, 4) is 0 Å². The lowest BCUT2D eigenvalue weighted by atomic mass is 9.93. The molecule has 0 spiro atoms. The first-order valence-electron chi connectivity index (χ1n) is 7.01. The highest BCUT2D eigenvalue weighted by atomic mass is 19.2. The topological polar surface area (TPSA) is 72.4 Å². The number of halogens is 2. The van der Waals surface area contributed by atoms with E-state index in [2.05, 4.69) is 5.16 Å². The summed E-state index contributed by atoms with van der Waals surface area (Å²) in [6.45, 7) is 1.05. The number of hydrogen-bond donors (Lipinski definition) is 1. The van der Waals surface area contributed by atoms with Gasteiger partial charge in [0.15, 0.2) is 11.6 Å². The minimum absolute atomic E-state index is 0.156. The number of nitrogens with zero attached hydrogens (tertiary/aromatic N) is 2. The van der Waals surface area contributed by atoms with E-state index in [1.807, 2.05) is 0 Å². The number of aromatic nitrogens is 1. The monoisotopic (exact) mass is 307 g/mol. The first kappa shape index (κ1) is 14.5. The number of hydrogen-bond acceptors (Lipinski definition) is 4. The van der Waals surface area contributed by atoms with Crippen molar-refractivity contribution in [2.45, 2.75) is 18.8 Å². The number of likely N-dealkylation sites (tertiary alicyclic amines) is 1. The van der Waals surface area contributed by atoms with Crippen molar-refractivity contribution < 1.29 is 18.1 Å². The van der Waals surface area contributed by atoms with Crippen LogP contribution in [0.3, 0.4) is 0 Å². The second-order valence-electron chi connectivity index (χ2n) is 5.35. The summed E-state index contributed by atoms with van der Waals surface area (Å²) in [6.07, 6.45) is 1.45. The van der Waals surface area contributed by atoms with Crippen LogP contribution in [-0.2, 0) is 0 Å². The van der Waals surface area contributed by atoms with Crippen LogP contribution in [0.4, 0.5) is 14.7 Å². The number of nitrogens with two attached hydrogens (primary N) is 1. The Morgan fingerprint density at radius 2 is 1.95 bits per heavy atom. The maximum atomic E-state index is 13.2. The maximum Gasteiger partial charge on any atom is 0.253 e. The third-order valence-corrected chi connectivity index (χ3v) is 3.91. The molecule has 2 heterocycles. The quantitative estimate of drug-likeness (QED) is 0.925. The van der Waals surface area contributed by atoms with E-state index in [1.165, 1.54) is 6.07 Å². The average molecular weight is 307 g/mol. The molecule has 0 saturated carbocycles. The Hall–Kier alpha value is -2.44. The molecule has 0 atom stereocenters. The maximum absolute atomic E-state index is 13.2. The summed E-state index contributed by atoms with van der Waals surface area (Å²) in [5, 5.41) is 3.89. The number of piperidine rings is 1. The number of carbonyl (C=O) groups is 1. The molecule has 7 heteroatoms. The second-order valence-corrected chi connectivity index (χ2v) is 5.35. The first-order chi connectivity index (χ1) is 10.5. The van der Waals surface area contributed by atoms with E-state index in [9.17, 15) is 13.6 Å². The molecule has 116 valence electrons. The van der Waals surface area contributed by atoms with Gasteiger partial charge in [-0.25, -0.2) is 8.78 Å². The Morgan fingerprint density at radius 1 is 1.23 bits per heavy atom. The molecule has 0 bridgehead atoms. The third-order valence-electron chi connectivity index (χ3n) is 3.91. The van der Waals surface area contributed by atoms with E-state index >= 15 is 0 Å². The van der Waals surface area contributed by atoms with Gasteiger partial charge in [-0.2, -0.15) is 0 Å². The van der Waals surface area contributed by atoms with Crippen molar-refractivity contribution in [1.29, 1.82) is 0 Å². The Balaban J connectivity index is 1.65. The minimum atomic E-state index is -1.01. The highest BCUT2D eigenvalue weighted by molar-refractivity contribution is 5.94. The average Bonchev–Trinajstić information content (AvgIpc) is 2.96. The Labute approximate surface area is 125 Å². The third kappa shape index (κ3) is 2.79. The van der Waals surface area contributed by atoms with Crippen molar-refractivity contribution in [3.05, 3.63) is 47.2 Å². The van der Waals surface area contributed by atoms with E-state index in [1.54, 1.807) is 11.0 Å². The second kappa shape index (κ2) is 5.75. The van der Waals surface area contributed by atoms with Gasteiger partial charge in [0.1, 0.15) is 0 Å². The van der Waals surface area contributed by atoms with Gasteiger partial charge in [-0.15, -0.1) is 0 Å². The Morgan fingerprint density at radius 3 is 2.55 bits per heavy atom. The fourth-order valence-corrected chi connectivity index (χ4v) is 2.69. The highest BCUT2D eigenvalue weighted by Crippen LogP contribution is 2.28. The standard InChI is InChI=1S/C15H15F2N3O2/c16-11-2-1-10(7-12(11)17)15(21)20-5-3-9(4-6-20)13-8-14(18)22-19-13/h1-2,7-9H,3-6,18H2. The van der Waals surface area contributed by atoms with Gasteiger partial charge in [0.2, 0.25) is 5.88 Å². The van der Waals surface area contributed by atoms with Gasteiger partial charge in [-0.3, -0.25) is 4.79 Å². The summed E-state index contributed by atoms with van der Waals surface area (Å²) in [7, 11) is 0. The van der Waals surface area contributed by atoms with Crippen LogP contribution < -0.4 is 5.73 Å². The molecule has 2 aromatic rings. The molecule has 1 aromatic carbocycles. The van der Waals surface area contributed by atoms with E-state index in [-0.39, 0.29) is 23.3 Å². The van der Waals surface area contributed by atoms with Crippen LogP contribution in [-0.4, -0.2) is 29.1 Å². The summed E-state index contributed by atoms with van der Waals surface area (Å²) in [5.41, 5.74) is 6.45. The van der Waals surface area contributed by atoms with Gasteiger partial charge >= 0.3 is 0 Å². The molecule has 1 aromatic heterocycles. The van der Waals surface area contributed by atoms with E-state index in [0.717, 1.165) is 30.7 Å². The summed E-state index contributed by atoms with van der Waals surface area (Å²) >= 11 is 0. The Kier molecular flexibility index (Phi) is 3.79. The summed E-state index contributed by atoms with van der Waals surface area (Å²) in [5.74, 6) is -1.81. The predicted molar refractivity (Wildman–Crippen MR) is 75.2 cm³/mol. The van der Waals surface area contributed by atoms with Gasteiger partial charge in [-0.05, 0) is 31.0 Å². The van der Waals surface area contributed by atoms with Gasteiger partial charge in [0, 0.05) is 30.6 Å². The molecule has 5 nitrogen and oxygen atoms in total. The number of anilines is 1. The van der Waals surface area contributed by atoms with Gasteiger partial charge in [0.05, 0.1) is 5.69 Å². The minimum Gasteiger partial charge on any atom is -0.368 e. The van der Waals surface area contributed by atoms with E-state index in [0.29, 0.717) is 13.1 Å². The van der Waals surface area contributed by atoms with Crippen LogP contribution in [0.15, 0.2) is 28.8 Å². The van der Waals surface area contributed by atoms with Crippen molar-refractivity contribution in [1.82, 2.24) is 10.1 Å². The molecule has 1 saturated heterocycles. The molecule has 1 aliphatic heterocycles. The summed E-state index contributed by atoms with van der Waals surface area (Å²) < 4.78 is 31.0. The Bertz CT molecular complexity index is 694. The molecular weight excluding hydrogens is 292 g/mol. The van der Waals surface area contributed by atoms with E-state index in [4.69, 9.17) is 10.3 Å². The van der Waals surface area contributed by atoms with Gasteiger partial charge in [0.25, 0.3) is 5.91 Å². The molecule has 3 rings (SSSR count). The highest BCUT2D eigenvalue weighted by Gasteiger charge is 2.26. The SMILES string of the molecule is Nc1cc(C2CCN(C(=O)c3ccc(F)c(F)c3)CC2)no1. The zero-order chi connectivity index (χ0) is 15.7. The zero-order valence-electron chi connectivity index (χ0n) is 11.8. The zero-order valence-corrected chi connectivity index (χ0v) is 11.8. The lowest BCUT2D eigenvalue weighted by Crippen LogP contribution is -2.38. The van der Waals surface area contributed by atoms with Crippen LogP contribution >= 0.6 is 0 Å². The number of rotatable bonds is 2. The fourth-order valence-electron chi connectivity index (χ4n) is 2.69. The van der Waals surface area contributed by atoms with Crippen molar-refractivity contribution in [3.63, 3.8) is 0 Å². The van der Waals surface area contributed by atoms with E-state index < -0.39 is 11.6 Å². The van der Waals surface area contributed by atoms with Crippen LogP contribution in [0.2, 0.25) is 0 Å². The fraction of sp³-hybridized carbons (Fsp3) is 0.333. The molecule has 1 aliphatic rings. The lowest BCUT2D eigenvalue weighted by Gasteiger charge is -2.31. The van der Waals surface area contributed by atoms with Gasteiger partial charge in [-0.1, -0.05) is 5.16 Å². The van der Waals surface area contributed by atoms with Crippen molar-refractivity contribution in [2.75, 3.05) is 18.8 Å². The summed E-state index contributed by atoms with van der Waals surface area (Å²) in [4.78, 5) is 13.9. The smallest absolute Gasteiger partial charge is 0.253 e. The molecule has 2 N–H and O–H groups in total. The number of carbonyl (C=O) groups excluding carboxylic acids is 1. The van der Waals surface area contributed by atoms with Crippen LogP contribution in [0.1, 0.15) is 34.8 Å². The molecule has 0 unspecified atom stereocenters. The predicted octanol–water partition coefficient (Wildman–Crippen LogP) is 2.55. The van der Waals surface area contributed by atoms with Crippen LogP contribution in [0, 0.1) is 11.6 Å². The summed E-state index contributed by atoms with van der Waals surface area (Å²) in [6, 6.07) is 4.89. The normalized spacial score (nSPS) is 16.0. The van der Waals surface area contributed by atoms with Crippen LogP contribution in [0.5, 0.6) is 0 Å².